The Balaban J connectivity index is 1.23. The quantitative estimate of drug-likeness (QED) is 0.416. The molecule has 5 rings (SSSR count). The van der Waals surface area contributed by atoms with Gasteiger partial charge in [0, 0.05) is 61.9 Å². The molecule has 3 N–H and O–H groups in total. The molecule has 35 heavy (non-hydrogen) atoms. The van der Waals surface area contributed by atoms with E-state index in [0.717, 1.165) is 71.9 Å². The number of likely N-dealkylation sites (N-methyl/N-ethyl adjacent to an activating group) is 1. The van der Waals surface area contributed by atoms with E-state index in [0.29, 0.717) is 18.1 Å². The standard InChI is InChI=1S/C25H32N8OS/c1-17-16-29-25(26-6-3-9-33-12-10-32(2)11-13-33)30-22(17)21-14-18-4-5-19(15-20(18)35-21)23(34)31-24-27-7-8-28-24/h4-5,7,14-16,24,28H,3,6,8-13H2,1-2H3,(H,31,34)(H,26,29,30). The van der Waals surface area contributed by atoms with E-state index in [1.54, 1.807) is 17.6 Å². The predicted octanol–water partition coefficient (Wildman–Crippen LogP) is 2.40. The van der Waals surface area contributed by atoms with Crippen molar-refractivity contribution in [1.29, 1.82) is 0 Å². The van der Waals surface area contributed by atoms with Crippen molar-refractivity contribution in [2.24, 2.45) is 4.99 Å². The fourth-order valence-electron chi connectivity index (χ4n) is 4.31. The van der Waals surface area contributed by atoms with Gasteiger partial charge >= 0.3 is 0 Å². The Kier molecular flexibility index (Phi) is 7.33. The summed E-state index contributed by atoms with van der Waals surface area (Å²) < 4.78 is 1.05. The Hall–Kier alpha value is -2.92. The molecule has 3 aromatic rings. The maximum absolute atomic E-state index is 12.6. The molecule has 184 valence electrons. The minimum absolute atomic E-state index is 0.139. The number of nitrogens with zero attached hydrogens (tertiary/aromatic N) is 5. The number of nitrogens with one attached hydrogen (secondary N) is 3. The number of carbonyl (C=O) groups is 1. The van der Waals surface area contributed by atoms with Crippen molar-refractivity contribution in [3.8, 4) is 10.6 Å². The summed E-state index contributed by atoms with van der Waals surface area (Å²) in [6, 6.07) is 7.92. The predicted molar refractivity (Wildman–Crippen MR) is 142 cm³/mol. The van der Waals surface area contributed by atoms with Crippen molar-refractivity contribution in [1.82, 2.24) is 30.4 Å². The van der Waals surface area contributed by atoms with Crippen LogP contribution in [0.4, 0.5) is 5.95 Å². The van der Waals surface area contributed by atoms with Crippen LogP contribution in [0.2, 0.25) is 0 Å². The number of carbonyl (C=O) groups excluding carboxylic acids is 1. The van der Waals surface area contributed by atoms with Gasteiger partial charge in [-0.15, -0.1) is 11.3 Å². The molecule has 2 aliphatic rings. The van der Waals surface area contributed by atoms with Crippen LogP contribution in [0.1, 0.15) is 22.3 Å². The van der Waals surface area contributed by atoms with E-state index >= 15 is 0 Å². The number of anilines is 1. The molecule has 0 saturated carbocycles. The highest BCUT2D eigenvalue weighted by Crippen LogP contribution is 2.34. The lowest BCUT2D eigenvalue weighted by Crippen LogP contribution is -2.44. The highest BCUT2D eigenvalue weighted by atomic mass is 32.1. The summed E-state index contributed by atoms with van der Waals surface area (Å²) in [5, 5.41) is 10.5. The molecule has 1 fully saturated rings. The van der Waals surface area contributed by atoms with Gasteiger partial charge in [-0.3, -0.25) is 15.1 Å². The summed E-state index contributed by atoms with van der Waals surface area (Å²) in [5.74, 6) is 0.519. The van der Waals surface area contributed by atoms with Gasteiger partial charge in [-0.25, -0.2) is 9.97 Å². The normalized spacial score (nSPS) is 18.9. The number of hydrogen-bond acceptors (Lipinski definition) is 9. The second-order valence-corrected chi connectivity index (χ2v) is 10.2. The summed E-state index contributed by atoms with van der Waals surface area (Å²) in [6.45, 7) is 9.21. The molecule has 1 aromatic carbocycles. The van der Waals surface area contributed by atoms with Gasteiger partial charge in [-0.2, -0.15) is 0 Å². The fourth-order valence-corrected chi connectivity index (χ4v) is 5.47. The third-order valence-electron chi connectivity index (χ3n) is 6.44. The first kappa shape index (κ1) is 23.8. The van der Waals surface area contributed by atoms with Crippen LogP contribution in [0.15, 0.2) is 35.5 Å². The lowest BCUT2D eigenvalue weighted by atomic mass is 10.1. The van der Waals surface area contributed by atoms with E-state index in [9.17, 15) is 4.79 Å². The van der Waals surface area contributed by atoms with Crippen molar-refractivity contribution >= 4 is 39.5 Å². The SMILES string of the molecule is Cc1cnc(NCCCN2CCN(C)CC2)nc1-c1cc2ccc(C(=O)NC3N=CCN3)cc2s1. The average Bonchev–Trinajstić information content (AvgIpc) is 3.53. The fraction of sp³-hybridized carbons (Fsp3) is 0.440. The van der Waals surface area contributed by atoms with Crippen molar-refractivity contribution in [3.05, 3.63) is 41.6 Å². The Morgan fingerprint density at radius 3 is 2.89 bits per heavy atom. The van der Waals surface area contributed by atoms with E-state index in [-0.39, 0.29) is 12.2 Å². The van der Waals surface area contributed by atoms with Gasteiger partial charge in [-0.1, -0.05) is 6.07 Å². The van der Waals surface area contributed by atoms with Crippen LogP contribution in [0, 0.1) is 6.92 Å². The Labute approximate surface area is 209 Å². The molecule has 1 saturated heterocycles. The van der Waals surface area contributed by atoms with E-state index in [2.05, 4.69) is 48.8 Å². The number of aliphatic imine (C=N–C) groups is 1. The smallest absolute Gasteiger partial charge is 0.253 e. The number of thiophene rings is 1. The third-order valence-corrected chi connectivity index (χ3v) is 7.55. The highest BCUT2D eigenvalue weighted by Gasteiger charge is 2.16. The number of amides is 1. The summed E-state index contributed by atoms with van der Waals surface area (Å²) >= 11 is 1.64. The molecule has 1 amide bonds. The van der Waals surface area contributed by atoms with Gasteiger partial charge in [-0.05, 0) is 56.1 Å². The van der Waals surface area contributed by atoms with Crippen LogP contribution >= 0.6 is 11.3 Å². The molecule has 2 aromatic heterocycles. The van der Waals surface area contributed by atoms with Gasteiger partial charge in [0.2, 0.25) is 5.95 Å². The topological polar surface area (TPSA) is 97.8 Å². The van der Waals surface area contributed by atoms with Crippen LogP contribution in [0.5, 0.6) is 0 Å². The van der Waals surface area contributed by atoms with E-state index in [4.69, 9.17) is 4.98 Å². The first-order valence-corrected chi connectivity index (χ1v) is 12.9. The molecule has 9 nitrogen and oxygen atoms in total. The van der Waals surface area contributed by atoms with Crippen LogP contribution in [0.25, 0.3) is 20.7 Å². The number of aryl methyl sites for hydroxylation is 1. The number of piperazine rings is 1. The molecular weight excluding hydrogens is 460 g/mol. The molecule has 1 atom stereocenters. The van der Waals surface area contributed by atoms with Gasteiger partial charge in [0.05, 0.1) is 10.6 Å². The van der Waals surface area contributed by atoms with E-state index in [1.165, 1.54) is 0 Å². The second kappa shape index (κ2) is 10.8. The number of benzene rings is 1. The number of aromatic nitrogens is 2. The lowest BCUT2D eigenvalue weighted by molar-refractivity contribution is 0.0934. The maximum Gasteiger partial charge on any atom is 0.253 e. The lowest BCUT2D eigenvalue weighted by Gasteiger charge is -2.32. The zero-order chi connectivity index (χ0) is 24.2. The summed E-state index contributed by atoms with van der Waals surface area (Å²) in [4.78, 5) is 32.1. The molecule has 0 spiro atoms. The number of fused-ring (bicyclic) bond motifs is 1. The van der Waals surface area contributed by atoms with Crippen molar-refractivity contribution in [2.45, 2.75) is 19.6 Å². The minimum atomic E-state index is -0.353. The van der Waals surface area contributed by atoms with Crippen molar-refractivity contribution < 1.29 is 4.79 Å². The molecular formula is C25H32N8OS. The van der Waals surface area contributed by atoms with Gasteiger partial charge < -0.3 is 20.4 Å². The Morgan fingerprint density at radius 1 is 1.23 bits per heavy atom. The van der Waals surface area contributed by atoms with E-state index < -0.39 is 0 Å². The third kappa shape index (κ3) is 5.84. The molecule has 10 heteroatoms. The van der Waals surface area contributed by atoms with Crippen molar-refractivity contribution in [2.75, 3.05) is 58.2 Å². The summed E-state index contributed by atoms with van der Waals surface area (Å²) in [7, 11) is 2.18. The van der Waals surface area contributed by atoms with Crippen LogP contribution in [-0.4, -0.2) is 91.0 Å². The summed E-state index contributed by atoms with van der Waals surface area (Å²) in [6.07, 6.45) is 4.35. The first-order valence-electron chi connectivity index (χ1n) is 12.1. The van der Waals surface area contributed by atoms with Crippen molar-refractivity contribution in [3.63, 3.8) is 0 Å². The van der Waals surface area contributed by atoms with Gasteiger partial charge in [0.1, 0.15) is 0 Å². The van der Waals surface area contributed by atoms with E-state index in [1.807, 2.05) is 31.3 Å². The van der Waals surface area contributed by atoms with Crippen LogP contribution < -0.4 is 16.0 Å². The largest absolute Gasteiger partial charge is 0.354 e. The zero-order valence-electron chi connectivity index (χ0n) is 20.3. The molecule has 0 radical (unpaired) electrons. The molecule has 2 aliphatic heterocycles. The van der Waals surface area contributed by atoms with Crippen LogP contribution in [-0.2, 0) is 0 Å². The minimum Gasteiger partial charge on any atom is -0.354 e. The average molecular weight is 493 g/mol. The molecule has 0 aliphatic carbocycles. The number of rotatable bonds is 8. The Morgan fingerprint density at radius 2 is 2.09 bits per heavy atom. The van der Waals surface area contributed by atoms with Crippen LogP contribution in [0.3, 0.4) is 0 Å². The zero-order valence-corrected chi connectivity index (χ0v) is 21.1. The maximum atomic E-state index is 12.6. The molecule has 0 bridgehead atoms. The highest BCUT2D eigenvalue weighted by molar-refractivity contribution is 7.22. The first-order chi connectivity index (χ1) is 17.0. The van der Waals surface area contributed by atoms with Gasteiger partial charge in [0.25, 0.3) is 5.91 Å². The monoisotopic (exact) mass is 492 g/mol. The second-order valence-electron chi connectivity index (χ2n) is 9.13. The molecule has 1 unspecified atom stereocenters. The Bertz CT molecular complexity index is 1220. The van der Waals surface area contributed by atoms with Gasteiger partial charge in [0.15, 0.2) is 6.29 Å². The summed E-state index contributed by atoms with van der Waals surface area (Å²) in [5.41, 5.74) is 2.58. The molecule has 4 heterocycles. The number of hydrogen-bond donors (Lipinski definition) is 3.